The monoisotopic (exact) mass is 415 g/mol. The third kappa shape index (κ3) is 4.70. The summed E-state index contributed by atoms with van der Waals surface area (Å²) >= 11 is 0. The Labute approximate surface area is 174 Å². The molecule has 2 amide bonds. The van der Waals surface area contributed by atoms with Gasteiger partial charge in [0, 0.05) is 38.2 Å². The van der Waals surface area contributed by atoms with E-state index in [0.717, 1.165) is 0 Å². The first-order chi connectivity index (χ1) is 14.6. The number of ether oxygens (including phenoxy) is 3. The van der Waals surface area contributed by atoms with Gasteiger partial charge in [-0.1, -0.05) is 5.21 Å². The van der Waals surface area contributed by atoms with Gasteiger partial charge in [-0.2, -0.15) is 0 Å². The SMILES string of the molecule is COc1ccc2cc1OCc1cn(nn1)CCCC(=O)N1CCOC(CNC2=O)C1. The maximum absolute atomic E-state index is 12.6. The molecule has 0 aliphatic carbocycles. The van der Waals surface area contributed by atoms with Gasteiger partial charge in [0.05, 0.1) is 26.0 Å². The number of nitrogens with zero attached hydrogens (tertiary/aromatic N) is 4. The van der Waals surface area contributed by atoms with Gasteiger partial charge in [0.2, 0.25) is 5.91 Å². The van der Waals surface area contributed by atoms with Crippen molar-refractivity contribution in [3.05, 3.63) is 35.7 Å². The Morgan fingerprint density at radius 3 is 3.03 bits per heavy atom. The highest BCUT2D eigenvalue weighted by Gasteiger charge is 2.24. The first kappa shape index (κ1) is 20.1. The molecular weight excluding hydrogens is 390 g/mol. The lowest BCUT2D eigenvalue weighted by Gasteiger charge is -2.33. The van der Waals surface area contributed by atoms with Gasteiger partial charge in [-0.3, -0.25) is 14.3 Å². The molecule has 1 aromatic carbocycles. The summed E-state index contributed by atoms with van der Waals surface area (Å²) in [4.78, 5) is 27.0. The fourth-order valence-electron chi connectivity index (χ4n) is 3.52. The third-order valence-corrected chi connectivity index (χ3v) is 5.15. The van der Waals surface area contributed by atoms with Crippen molar-refractivity contribution in [2.45, 2.75) is 32.1 Å². The number of benzene rings is 1. The number of hydrogen-bond acceptors (Lipinski definition) is 7. The van der Waals surface area contributed by atoms with E-state index in [4.69, 9.17) is 14.2 Å². The number of rotatable bonds is 1. The van der Waals surface area contributed by atoms with Crippen LogP contribution in [-0.4, -0.2) is 71.2 Å². The average Bonchev–Trinajstić information content (AvgIpc) is 3.23. The molecule has 6 bridgehead atoms. The molecule has 1 N–H and O–H groups in total. The van der Waals surface area contributed by atoms with Gasteiger partial charge in [-0.15, -0.1) is 5.10 Å². The first-order valence-electron chi connectivity index (χ1n) is 10.00. The molecule has 3 heterocycles. The van der Waals surface area contributed by atoms with E-state index in [1.54, 1.807) is 41.1 Å². The molecule has 2 aliphatic heterocycles. The van der Waals surface area contributed by atoms with E-state index < -0.39 is 0 Å². The second kappa shape index (κ2) is 9.12. The second-order valence-corrected chi connectivity index (χ2v) is 7.27. The van der Waals surface area contributed by atoms with Crippen molar-refractivity contribution in [1.29, 1.82) is 0 Å². The van der Waals surface area contributed by atoms with Crippen LogP contribution in [-0.2, 0) is 22.7 Å². The highest BCUT2D eigenvalue weighted by atomic mass is 16.5. The molecule has 10 heteroatoms. The Kier molecular flexibility index (Phi) is 6.12. The van der Waals surface area contributed by atoms with Gasteiger partial charge in [0.25, 0.3) is 5.91 Å². The molecular formula is C20H25N5O5. The van der Waals surface area contributed by atoms with Gasteiger partial charge in [0.1, 0.15) is 12.3 Å². The minimum atomic E-state index is -0.249. The summed E-state index contributed by atoms with van der Waals surface area (Å²) in [5, 5.41) is 11.1. The number of carbonyl (C=O) groups is 2. The second-order valence-electron chi connectivity index (χ2n) is 7.27. The van der Waals surface area contributed by atoms with Crippen LogP contribution < -0.4 is 14.8 Å². The lowest BCUT2D eigenvalue weighted by atomic mass is 10.1. The molecule has 1 saturated heterocycles. The van der Waals surface area contributed by atoms with Crippen molar-refractivity contribution in [1.82, 2.24) is 25.2 Å². The van der Waals surface area contributed by atoms with Crippen molar-refractivity contribution in [3.63, 3.8) is 0 Å². The number of nitrogens with one attached hydrogen (secondary N) is 1. The standard InChI is InChI=1S/C20H25N5O5/c1-28-17-5-4-14-9-18(17)30-13-15-11-25(23-22-15)6-2-3-19(26)24-7-8-29-16(12-24)10-21-20(14)27/h4-5,9,11,16H,2-3,6-8,10,12-13H2,1H3,(H,21,27). The van der Waals surface area contributed by atoms with E-state index in [2.05, 4.69) is 15.6 Å². The van der Waals surface area contributed by atoms with Crippen LogP contribution in [0.4, 0.5) is 0 Å². The largest absolute Gasteiger partial charge is 0.493 e. The lowest BCUT2D eigenvalue weighted by Crippen LogP contribution is -2.49. The summed E-state index contributed by atoms with van der Waals surface area (Å²) in [6, 6.07) is 5.00. The number of methoxy groups -OCH3 is 1. The quantitative estimate of drug-likeness (QED) is 0.727. The van der Waals surface area contributed by atoms with Gasteiger partial charge in [-0.05, 0) is 24.6 Å². The number of aryl methyl sites for hydroxylation is 1. The molecule has 0 spiro atoms. The van der Waals surface area contributed by atoms with E-state index in [1.165, 1.54) is 0 Å². The molecule has 10 nitrogen and oxygen atoms in total. The summed E-state index contributed by atoms with van der Waals surface area (Å²) in [5.74, 6) is 0.811. The number of carbonyl (C=O) groups excluding carboxylic acids is 2. The first-order valence-corrected chi connectivity index (χ1v) is 10.00. The minimum absolute atomic E-state index is 0.0826. The minimum Gasteiger partial charge on any atom is -0.493 e. The van der Waals surface area contributed by atoms with E-state index in [0.29, 0.717) is 68.4 Å². The number of morpholine rings is 1. The summed E-state index contributed by atoms with van der Waals surface area (Å²) in [5.41, 5.74) is 1.09. The molecule has 0 saturated carbocycles. The topological polar surface area (TPSA) is 108 Å². The summed E-state index contributed by atoms with van der Waals surface area (Å²) in [7, 11) is 1.55. The molecule has 160 valence electrons. The maximum Gasteiger partial charge on any atom is 0.251 e. The van der Waals surface area contributed by atoms with Crippen molar-refractivity contribution >= 4 is 11.8 Å². The van der Waals surface area contributed by atoms with Gasteiger partial charge >= 0.3 is 0 Å². The third-order valence-electron chi connectivity index (χ3n) is 5.15. The predicted octanol–water partition coefficient (Wildman–Crippen LogP) is 0.617. The van der Waals surface area contributed by atoms with E-state index >= 15 is 0 Å². The highest BCUT2D eigenvalue weighted by Crippen LogP contribution is 2.28. The fourth-order valence-corrected chi connectivity index (χ4v) is 3.52. The zero-order valence-electron chi connectivity index (χ0n) is 16.9. The molecule has 1 fully saturated rings. The average molecular weight is 415 g/mol. The van der Waals surface area contributed by atoms with Crippen LogP contribution in [0.25, 0.3) is 0 Å². The Hall–Kier alpha value is -3.14. The van der Waals surface area contributed by atoms with Crippen LogP contribution in [0.5, 0.6) is 11.5 Å². The highest BCUT2D eigenvalue weighted by molar-refractivity contribution is 5.94. The van der Waals surface area contributed by atoms with Crippen LogP contribution in [0, 0.1) is 0 Å². The zero-order chi connectivity index (χ0) is 20.9. The number of aromatic nitrogens is 3. The Morgan fingerprint density at radius 1 is 1.27 bits per heavy atom. The van der Waals surface area contributed by atoms with Crippen LogP contribution in [0.3, 0.4) is 0 Å². The number of hydrogen-bond donors (Lipinski definition) is 1. The molecule has 1 atom stereocenters. The molecule has 2 aliphatic rings. The summed E-state index contributed by atoms with van der Waals surface area (Å²) in [6.45, 7) is 2.59. The molecule has 4 rings (SSSR count). The summed E-state index contributed by atoms with van der Waals surface area (Å²) in [6.07, 6.45) is 2.64. The van der Waals surface area contributed by atoms with Crippen molar-refractivity contribution in [2.75, 3.05) is 33.4 Å². The van der Waals surface area contributed by atoms with Crippen molar-refractivity contribution in [2.24, 2.45) is 0 Å². The Balaban J connectivity index is 1.56. The Bertz CT molecular complexity index is 915. The summed E-state index contributed by atoms with van der Waals surface area (Å²) < 4.78 is 18.6. The fraction of sp³-hybridized carbons (Fsp3) is 0.500. The van der Waals surface area contributed by atoms with Crippen molar-refractivity contribution < 1.29 is 23.8 Å². The van der Waals surface area contributed by atoms with Gasteiger partial charge < -0.3 is 24.4 Å². The lowest BCUT2D eigenvalue weighted by molar-refractivity contribution is -0.138. The van der Waals surface area contributed by atoms with Crippen LogP contribution in [0.15, 0.2) is 24.4 Å². The molecule has 2 aromatic rings. The molecule has 0 radical (unpaired) electrons. The van der Waals surface area contributed by atoms with Crippen molar-refractivity contribution in [3.8, 4) is 11.5 Å². The van der Waals surface area contributed by atoms with Gasteiger partial charge in [-0.25, -0.2) is 0 Å². The normalized spacial score (nSPS) is 20.6. The van der Waals surface area contributed by atoms with E-state index in [9.17, 15) is 9.59 Å². The number of fused-ring (bicyclic) bond motifs is 6. The van der Waals surface area contributed by atoms with Crippen LogP contribution in [0.1, 0.15) is 28.9 Å². The van der Waals surface area contributed by atoms with Crippen LogP contribution >= 0.6 is 0 Å². The van der Waals surface area contributed by atoms with Gasteiger partial charge in [0.15, 0.2) is 11.5 Å². The van der Waals surface area contributed by atoms with Crippen LogP contribution in [0.2, 0.25) is 0 Å². The smallest absolute Gasteiger partial charge is 0.251 e. The van der Waals surface area contributed by atoms with E-state index in [-0.39, 0.29) is 24.5 Å². The molecule has 30 heavy (non-hydrogen) atoms. The Morgan fingerprint density at radius 2 is 2.17 bits per heavy atom. The van der Waals surface area contributed by atoms with E-state index in [1.807, 2.05) is 0 Å². The zero-order valence-corrected chi connectivity index (χ0v) is 16.9. The maximum atomic E-state index is 12.6. The molecule has 1 unspecified atom stereocenters. The molecule has 1 aromatic heterocycles. The predicted molar refractivity (Wildman–Crippen MR) is 105 cm³/mol. The number of amides is 2.